The quantitative estimate of drug-likeness (QED) is 0.820. The number of nitrogens with two attached hydrogens (primary N) is 1. The Balaban J connectivity index is 2.62. The van der Waals surface area contributed by atoms with Crippen molar-refractivity contribution in [1.82, 2.24) is 4.98 Å². The van der Waals surface area contributed by atoms with Crippen LogP contribution in [0, 0.1) is 6.92 Å². The van der Waals surface area contributed by atoms with Gasteiger partial charge in [0.15, 0.2) is 0 Å². The van der Waals surface area contributed by atoms with E-state index >= 15 is 0 Å². The molecule has 1 atom stereocenters. The molecule has 0 aliphatic rings. The monoisotopic (exact) mass is 265 g/mol. The van der Waals surface area contributed by atoms with Gasteiger partial charge in [-0.2, -0.15) is 0 Å². The predicted octanol–water partition coefficient (Wildman–Crippen LogP) is 2.14. The molecule has 4 heteroatoms. The van der Waals surface area contributed by atoms with E-state index in [1.54, 1.807) is 0 Å². The molecule has 1 aromatic heterocycles. The lowest BCUT2D eigenvalue weighted by Crippen LogP contribution is -2.25. The summed E-state index contributed by atoms with van der Waals surface area (Å²) in [6.45, 7) is 9.76. The lowest BCUT2D eigenvalue weighted by atomic mass is 10.1. The van der Waals surface area contributed by atoms with Gasteiger partial charge in [-0.05, 0) is 45.2 Å². The highest BCUT2D eigenvalue weighted by Gasteiger charge is 2.08. The van der Waals surface area contributed by atoms with E-state index in [1.807, 2.05) is 34.0 Å². The summed E-state index contributed by atoms with van der Waals surface area (Å²) in [5.41, 5.74) is 8.19. The molecule has 0 radical (unpaired) electrons. The highest BCUT2D eigenvalue weighted by molar-refractivity contribution is 5.46. The van der Waals surface area contributed by atoms with Crippen LogP contribution in [0.3, 0.4) is 0 Å². The third-order valence-electron chi connectivity index (χ3n) is 2.90. The number of nitrogens with zero attached hydrogens (tertiary/aromatic N) is 2. The summed E-state index contributed by atoms with van der Waals surface area (Å²) in [6.07, 6.45) is 3.07. The molecule has 19 heavy (non-hydrogen) atoms. The van der Waals surface area contributed by atoms with Crippen LogP contribution in [0.25, 0.3) is 0 Å². The van der Waals surface area contributed by atoms with Crippen LogP contribution >= 0.6 is 0 Å². The van der Waals surface area contributed by atoms with Crippen LogP contribution in [-0.2, 0) is 11.2 Å². The molecular weight excluding hydrogens is 238 g/mol. The van der Waals surface area contributed by atoms with E-state index in [-0.39, 0.29) is 12.1 Å². The molecule has 0 amide bonds. The fraction of sp³-hybridized carbons (Fsp3) is 0.667. The molecule has 0 saturated carbocycles. The topological polar surface area (TPSA) is 51.4 Å². The van der Waals surface area contributed by atoms with E-state index in [2.05, 4.69) is 22.9 Å². The van der Waals surface area contributed by atoms with Crippen molar-refractivity contribution in [2.75, 3.05) is 25.1 Å². The molecule has 1 heterocycles. The van der Waals surface area contributed by atoms with Crippen molar-refractivity contribution in [3.8, 4) is 0 Å². The second-order valence-corrected chi connectivity index (χ2v) is 5.51. The number of anilines is 1. The average molecular weight is 265 g/mol. The largest absolute Gasteiger partial charge is 0.377 e. The van der Waals surface area contributed by atoms with Crippen molar-refractivity contribution >= 4 is 5.82 Å². The van der Waals surface area contributed by atoms with E-state index in [0.717, 1.165) is 25.4 Å². The zero-order valence-corrected chi connectivity index (χ0v) is 12.8. The molecule has 0 bridgehead atoms. The van der Waals surface area contributed by atoms with Crippen LogP contribution < -0.4 is 10.6 Å². The first-order valence-corrected chi connectivity index (χ1v) is 6.94. The number of rotatable bonds is 7. The summed E-state index contributed by atoms with van der Waals surface area (Å²) in [4.78, 5) is 6.68. The third kappa shape index (κ3) is 5.57. The standard InChI is InChI=1S/C15H27N3O/c1-11(2)19-7-6-18(5)15-12(3)8-14(10-17-15)9-13(4)16/h8,10-11,13H,6-7,9,16H2,1-5H3. The summed E-state index contributed by atoms with van der Waals surface area (Å²) < 4.78 is 5.56. The van der Waals surface area contributed by atoms with Crippen LogP contribution in [0.1, 0.15) is 31.9 Å². The van der Waals surface area contributed by atoms with Crippen LogP contribution in [0.5, 0.6) is 0 Å². The van der Waals surface area contributed by atoms with Crippen molar-refractivity contribution in [2.24, 2.45) is 5.73 Å². The summed E-state index contributed by atoms with van der Waals surface area (Å²) in [5.74, 6) is 1.01. The minimum Gasteiger partial charge on any atom is -0.377 e. The maximum Gasteiger partial charge on any atom is 0.131 e. The summed E-state index contributed by atoms with van der Waals surface area (Å²) >= 11 is 0. The normalized spacial score (nSPS) is 12.8. The van der Waals surface area contributed by atoms with Crippen LogP contribution in [0.15, 0.2) is 12.3 Å². The minimum absolute atomic E-state index is 0.171. The van der Waals surface area contributed by atoms with Gasteiger partial charge < -0.3 is 15.4 Å². The van der Waals surface area contributed by atoms with E-state index in [0.29, 0.717) is 0 Å². The van der Waals surface area contributed by atoms with E-state index in [9.17, 15) is 0 Å². The molecule has 0 spiro atoms. The Hall–Kier alpha value is -1.13. The Morgan fingerprint density at radius 3 is 2.58 bits per heavy atom. The van der Waals surface area contributed by atoms with Gasteiger partial charge in [0, 0.05) is 25.8 Å². The van der Waals surface area contributed by atoms with Gasteiger partial charge in [-0.15, -0.1) is 0 Å². The first-order valence-electron chi connectivity index (χ1n) is 6.94. The van der Waals surface area contributed by atoms with Gasteiger partial charge in [-0.25, -0.2) is 4.98 Å². The molecule has 0 aromatic carbocycles. The van der Waals surface area contributed by atoms with Gasteiger partial charge in [0.1, 0.15) is 5.82 Å². The maximum atomic E-state index is 5.81. The highest BCUT2D eigenvalue weighted by Crippen LogP contribution is 2.17. The number of aryl methyl sites for hydroxylation is 1. The fourth-order valence-electron chi connectivity index (χ4n) is 2.04. The summed E-state index contributed by atoms with van der Waals surface area (Å²) in [5, 5.41) is 0. The SMILES string of the molecule is Cc1cc(CC(C)N)cnc1N(C)CCOC(C)C. The van der Waals surface area contributed by atoms with Crippen molar-refractivity contribution in [1.29, 1.82) is 0 Å². The van der Waals surface area contributed by atoms with Crippen molar-refractivity contribution in [2.45, 2.75) is 46.3 Å². The first kappa shape index (κ1) is 15.9. The lowest BCUT2D eigenvalue weighted by molar-refractivity contribution is 0.0845. The zero-order valence-electron chi connectivity index (χ0n) is 12.8. The van der Waals surface area contributed by atoms with Gasteiger partial charge in [0.25, 0.3) is 0 Å². The molecule has 0 saturated heterocycles. The first-order chi connectivity index (χ1) is 8.90. The molecule has 4 nitrogen and oxygen atoms in total. The minimum atomic E-state index is 0.171. The van der Waals surface area contributed by atoms with Crippen LogP contribution in [0.2, 0.25) is 0 Å². The summed E-state index contributed by atoms with van der Waals surface area (Å²) in [6, 6.07) is 2.34. The van der Waals surface area contributed by atoms with Gasteiger partial charge >= 0.3 is 0 Å². The van der Waals surface area contributed by atoms with Gasteiger partial charge in [0.05, 0.1) is 12.7 Å². The lowest BCUT2D eigenvalue weighted by Gasteiger charge is -2.21. The smallest absolute Gasteiger partial charge is 0.131 e. The number of pyridine rings is 1. The maximum absolute atomic E-state index is 5.81. The second-order valence-electron chi connectivity index (χ2n) is 5.51. The van der Waals surface area contributed by atoms with E-state index in [1.165, 1.54) is 11.1 Å². The molecule has 108 valence electrons. The molecule has 0 aliphatic carbocycles. The molecule has 2 N–H and O–H groups in total. The number of likely N-dealkylation sites (N-methyl/N-ethyl adjacent to an activating group) is 1. The Labute approximate surface area is 117 Å². The van der Waals surface area contributed by atoms with Crippen molar-refractivity contribution in [3.63, 3.8) is 0 Å². The van der Waals surface area contributed by atoms with Crippen molar-refractivity contribution in [3.05, 3.63) is 23.4 Å². The number of hydrogen-bond acceptors (Lipinski definition) is 4. The average Bonchev–Trinajstić information content (AvgIpc) is 2.27. The molecule has 1 rings (SSSR count). The number of ether oxygens (including phenoxy) is 1. The number of hydrogen-bond donors (Lipinski definition) is 1. The van der Waals surface area contributed by atoms with Crippen molar-refractivity contribution < 1.29 is 4.74 Å². The zero-order chi connectivity index (χ0) is 14.4. The van der Waals surface area contributed by atoms with Gasteiger partial charge in [0.2, 0.25) is 0 Å². The van der Waals surface area contributed by atoms with E-state index < -0.39 is 0 Å². The highest BCUT2D eigenvalue weighted by atomic mass is 16.5. The molecule has 0 aliphatic heterocycles. The fourth-order valence-corrected chi connectivity index (χ4v) is 2.04. The second kappa shape index (κ2) is 7.46. The Morgan fingerprint density at radius 2 is 2.05 bits per heavy atom. The van der Waals surface area contributed by atoms with Gasteiger partial charge in [-0.1, -0.05) is 6.07 Å². The Bertz CT molecular complexity index is 391. The Morgan fingerprint density at radius 1 is 1.37 bits per heavy atom. The Kier molecular flexibility index (Phi) is 6.25. The molecule has 1 unspecified atom stereocenters. The molecule has 0 fully saturated rings. The van der Waals surface area contributed by atoms with Crippen LogP contribution in [0.4, 0.5) is 5.82 Å². The molecular formula is C15H27N3O. The third-order valence-corrected chi connectivity index (χ3v) is 2.90. The number of aromatic nitrogens is 1. The van der Waals surface area contributed by atoms with E-state index in [4.69, 9.17) is 10.5 Å². The van der Waals surface area contributed by atoms with Gasteiger partial charge in [-0.3, -0.25) is 0 Å². The molecule has 1 aromatic rings. The predicted molar refractivity (Wildman–Crippen MR) is 80.7 cm³/mol. The van der Waals surface area contributed by atoms with Crippen LogP contribution in [-0.4, -0.2) is 37.3 Å². The summed E-state index contributed by atoms with van der Waals surface area (Å²) in [7, 11) is 2.05.